The van der Waals surface area contributed by atoms with Crippen molar-refractivity contribution in [2.24, 2.45) is 0 Å². The number of nitrogens with one attached hydrogen (secondary N) is 2. The SMILES string of the molecule is ICCNc1nc2ccccc2[nH]1. The van der Waals surface area contributed by atoms with E-state index < -0.39 is 0 Å². The van der Waals surface area contributed by atoms with Crippen LogP contribution in [0.15, 0.2) is 24.3 Å². The lowest BCUT2D eigenvalue weighted by atomic mass is 10.3. The van der Waals surface area contributed by atoms with Gasteiger partial charge in [0, 0.05) is 11.0 Å². The lowest BCUT2D eigenvalue weighted by Gasteiger charge is -1.96. The Labute approximate surface area is 90.1 Å². The fourth-order valence-electron chi connectivity index (χ4n) is 1.20. The first kappa shape index (κ1) is 8.80. The molecule has 68 valence electrons. The summed E-state index contributed by atoms with van der Waals surface area (Å²) in [4.78, 5) is 7.59. The molecule has 2 aromatic rings. The summed E-state index contributed by atoms with van der Waals surface area (Å²) in [5.41, 5.74) is 2.09. The molecule has 0 radical (unpaired) electrons. The van der Waals surface area contributed by atoms with Crippen LogP contribution >= 0.6 is 22.6 Å². The summed E-state index contributed by atoms with van der Waals surface area (Å²) in [6, 6.07) is 8.02. The van der Waals surface area contributed by atoms with E-state index in [0.717, 1.165) is 28.0 Å². The molecule has 2 N–H and O–H groups in total. The van der Waals surface area contributed by atoms with Crippen LogP contribution in [0.25, 0.3) is 11.0 Å². The molecule has 0 atom stereocenters. The predicted octanol–water partition coefficient (Wildman–Crippen LogP) is 2.41. The molecular formula is C9H10IN3. The highest BCUT2D eigenvalue weighted by Gasteiger charge is 1.98. The van der Waals surface area contributed by atoms with Crippen molar-refractivity contribution in [3.05, 3.63) is 24.3 Å². The first-order valence-electron chi connectivity index (χ1n) is 4.15. The van der Waals surface area contributed by atoms with E-state index in [-0.39, 0.29) is 0 Å². The van der Waals surface area contributed by atoms with Gasteiger partial charge < -0.3 is 10.3 Å². The van der Waals surface area contributed by atoms with E-state index >= 15 is 0 Å². The molecule has 1 aromatic heterocycles. The number of aromatic nitrogens is 2. The Morgan fingerprint density at radius 3 is 3.00 bits per heavy atom. The average Bonchev–Trinajstić information content (AvgIpc) is 2.57. The van der Waals surface area contributed by atoms with Crippen molar-refractivity contribution >= 4 is 39.6 Å². The molecule has 0 aliphatic rings. The van der Waals surface area contributed by atoms with E-state index in [1.807, 2.05) is 24.3 Å². The molecular weight excluding hydrogens is 277 g/mol. The number of H-pyrrole nitrogens is 1. The Morgan fingerprint density at radius 1 is 1.38 bits per heavy atom. The number of hydrogen-bond donors (Lipinski definition) is 2. The number of alkyl halides is 1. The molecule has 4 heteroatoms. The van der Waals surface area contributed by atoms with Gasteiger partial charge in [-0.3, -0.25) is 0 Å². The van der Waals surface area contributed by atoms with Gasteiger partial charge in [-0.25, -0.2) is 4.98 Å². The number of rotatable bonds is 3. The van der Waals surface area contributed by atoms with Crippen LogP contribution in [0.1, 0.15) is 0 Å². The molecule has 0 aliphatic carbocycles. The van der Waals surface area contributed by atoms with E-state index in [9.17, 15) is 0 Å². The minimum Gasteiger partial charge on any atom is -0.355 e. The Hall–Kier alpha value is -0.780. The second kappa shape index (κ2) is 3.95. The number of benzene rings is 1. The molecule has 1 heterocycles. The molecule has 1 aromatic carbocycles. The lowest BCUT2D eigenvalue weighted by Crippen LogP contribution is -2.02. The van der Waals surface area contributed by atoms with Crippen molar-refractivity contribution in [2.45, 2.75) is 0 Å². The van der Waals surface area contributed by atoms with Crippen molar-refractivity contribution in [3.63, 3.8) is 0 Å². The second-order valence-corrected chi connectivity index (χ2v) is 3.80. The standard InChI is InChI=1S/C9H10IN3/c10-5-6-11-9-12-7-3-1-2-4-8(7)13-9/h1-4H,5-6H2,(H2,11,12,13). The fourth-order valence-corrected chi connectivity index (χ4v) is 1.47. The molecule has 0 unspecified atom stereocenters. The van der Waals surface area contributed by atoms with Crippen LogP contribution in [-0.2, 0) is 0 Å². The number of imidazole rings is 1. The zero-order chi connectivity index (χ0) is 9.10. The summed E-state index contributed by atoms with van der Waals surface area (Å²) < 4.78 is 1.08. The topological polar surface area (TPSA) is 40.7 Å². The van der Waals surface area contributed by atoms with Crippen LogP contribution < -0.4 is 5.32 Å². The monoisotopic (exact) mass is 287 g/mol. The van der Waals surface area contributed by atoms with Crippen LogP contribution in [-0.4, -0.2) is 20.9 Å². The van der Waals surface area contributed by atoms with Gasteiger partial charge in [0.15, 0.2) is 0 Å². The number of fused-ring (bicyclic) bond motifs is 1. The van der Waals surface area contributed by atoms with Crippen molar-refractivity contribution in [2.75, 3.05) is 16.3 Å². The average molecular weight is 287 g/mol. The van der Waals surface area contributed by atoms with E-state index in [2.05, 4.69) is 37.9 Å². The van der Waals surface area contributed by atoms with E-state index in [0.29, 0.717) is 0 Å². The van der Waals surface area contributed by atoms with Crippen LogP contribution in [0.2, 0.25) is 0 Å². The Morgan fingerprint density at radius 2 is 2.23 bits per heavy atom. The molecule has 0 saturated heterocycles. The van der Waals surface area contributed by atoms with E-state index in [1.165, 1.54) is 0 Å². The second-order valence-electron chi connectivity index (χ2n) is 2.72. The normalized spacial score (nSPS) is 10.5. The maximum atomic E-state index is 4.38. The predicted molar refractivity (Wildman–Crippen MR) is 63.5 cm³/mol. The van der Waals surface area contributed by atoms with Crippen LogP contribution in [0.4, 0.5) is 5.95 Å². The summed E-state index contributed by atoms with van der Waals surface area (Å²) >= 11 is 2.33. The zero-order valence-corrected chi connectivity index (χ0v) is 9.21. The summed E-state index contributed by atoms with van der Waals surface area (Å²) in [5, 5.41) is 3.21. The van der Waals surface area contributed by atoms with Gasteiger partial charge in [0.1, 0.15) is 0 Å². The Kier molecular flexibility index (Phi) is 2.68. The third-order valence-corrected chi connectivity index (χ3v) is 2.32. The molecule has 3 nitrogen and oxygen atoms in total. The summed E-state index contributed by atoms with van der Waals surface area (Å²) in [5.74, 6) is 0.859. The third-order valence-electron chi connectivity index (χ3n) is 1.78. The zero-order valence-electron chi connectivity index (χ0n) is 7.05. The summed E-state index contributed by atoms with van der Waals surface area (Å²) in [7, 11) is 0. The number of halogens is 1. The molecule has 0 aliphatic heterocycles. The van der Waals surface area contributed by atoms with E-state index in [1.54, 1.807) is 0 Å². The van der Waals surface area contributed by atoms with Crippen LogP contribution in [0.3, 0.4) is 0 Å². The smallest absolute Gasteiger partial charge is 0.201 e. The largest absolute Gasteiger partial charge is 0.355 e. The number of anilines is 1. The fraction of sp³-hybridized carbons (Fsp3) is 0.222. The van der Waals surface area contributed by atoms with Gasteiger partial charge in [0.05, 0.1) is 11.0 Å². The molecule has 0 bridgehead atoms. The van der Waals surface area contributed by atoms with Crippen LogP contribution in [0, 0.1) is 0 Å². The molecule has 0 fully saturated rings. The molecule has 13 heavy (non-hydrogen) atoms. The van der Waals surface area contributed by atoms with Gasteiger partial charge in [0.25, 0.3) is 0 Å². The summed E-state index contributed by atoms with van der Waals surface area (Å²) in [6.07, 6.45) is 0. The molecule has 0 saturated carbocycles. The highest BCUT2D eigenvalue weighted by molar-refractivity contribution is 14.1. The Balaban J connectivity index is 2.28. The first-order valence-corrected chi connectivity index (χ1v) is 5.67. The van der Waals surface area contributed by atoms with Gasteiger partial charge in [-0.1, -0.05) is 34.7 Å². The van der Waals surface area contributed by atoms with Crippen molar-refractivity contribution in [1.82, 2.24) is 9.97 Å². The maximum absolute atomic E-state index is 4.38. The maximum Gasteiger partial charge on any atom is 0.201 e. The molecule has 0 amide bonds. The minimum absolute atomic E-state index is 0.859. The quantitative estimate of drug-likeness (QED) is 0.672. The van der Waals surface area contributed by atoms with Gasteiger partial charge in [0.2, 0.25) is 5.95 Å². The van der Waals surface area contributed by atoms with Gasteiger partial charge in [-0.05, 0) is 12.1 Å². The van der Waals surface area contributed by atoms with E-state index in [4.69, 9.17) is 0 Å². The Bertz CT molecular complexity index is 363. The first-order chi connectivity index (χ1) is 6.40. The molecule has 2 rings (SSSR count). The minimum atomic E-state index is 0.859. The lowest BCUT2D eigenvalue weighted by molar-refractivity contribution is 1.17. The number of nitrogens with zero attached hydrogens (tertiary/aromatic N) is 1. The van der Waals surface area contributed by atoms with Gasteiger partial charge in [-0.2, -0.15) is 0 Å². The van der Waals surface area contributed by atoms with Crippen molar-refractivity contribution in [1.29, 1.82) is 0 Å². The third kappa shape index (κ3) is 1.93. The highest BCUT2D eigenvalue weighted by atomic mass is 127. The van der Waals surface area contributed by atoms with Crippen LogP contribution in [0.5, 0.6) is 0 Å². The van der Waals surface area contributed by atoms with Crippen molar-refractivity contribution < 1.29 is 0 Å². The highest BCUT2D eigenvalue weighted by Crippen LogP contribution is 2.12. The molecule has 0 spiro atoms. The number of para-hydroxylation sites is 2. The summed E-state index contributed by atoms with van der Waals surface area (Å²) in [6.45, 7) is 0.945. The van der Waals surface area contributed by atoms with Gasteiger partial charge in [-0.15, -0.1) is 0 Å². The van der Waals surface area contributed by atoms with Crippen molar-refractivity contribution in [3.8, 4) is 0 Å². The number of hydrogen-bond acceptors (Lipinski definition) is 2. The number of aromatic amines is 1. The van der Waals surface area contributed by atoms with Gasteiger partial charge >= 0.3 is 0 Å².